The van der Waals surface area contributed by atoms with Crippen molar-refractivity contribution >= 4 is 11.5 Å². The van der Waals surface area contributed by atoms with Crippen LogP contribution >= 0.6 is 11.5 Å². The van der Waals surface area contributed by atoms with E-state index in [2.05, 4.69) is 9.36 Å². The SMILES string of the molecule is Fc1c(F)c(F)c(-c2nsc(-c3c(F)c(F)c(F)c(F)c3F)n2)c(F)c1F. The minimum atomic E-state index is -2.47. The van der Waals surface area contributed by atoms with Crippen molar-refractivity contribution in [2.45, 2.75) is 0 Å². The predicted molar refractivity (Wildman–Crippen MR) is 70.4 cm³/mol. The lowest BCUT2D eigenvalue weighted by atomic mass is 10.1. The van der Waals surface area contributed by atoms with Gasteiger partial charge in [-0.2, -0.15) is 4.37 Å². The molecule has 0 amide bonds. The highest BCUT2D eigenvalue weighted by molar-refractivity contribution is 7.09. The summed E-state index contributed by atoms with van der Waals surface area (Å²) in [4.78, 5) is 3.15. The number of benzene rings is 2. The Morgan fingerprint density at radius 2 is 0.778 bits per heavy atom. The van der Waals surface area contributed by atoms with E-state index in [9.17, 15) is 43.9 Å². The molecule has 13 heteroatoms. The molecule has 0 unspecified atom stereocenters. The van der Waals surface area contributed by atoms with Crippen molar-refractivity contribution in [3.8, 4) is 22.0 Å². The average Bonchev–Trinajstić information content (AvgIpc) is 3.11. The zero-order chi connectivity index (χ0) is 20.2. The van der Waals surface area contributed by atoms with E-state index in [1.54, 1.807) is 0 Å². The molecule has 0 radical (unpaired) electrons. The lowest BCUT2D eigenvalue weighted by molar-refractivity contribution is 0.380. The Labute approximate surface area is 145 Å². The zero-order valence-electron chi connectivity index (χ0n) is 12.1. The molecule has 142 valence electrons. The maximum atomic E-state index is 13.7. The lowest BCUT2D eigenvalue weighted by Crippen LogP contribution is -2.05. The summed E-state index contributed by atoms with van der Waals surface area (Å²) in [6.07, 6.45) is 0. The second kappa shape index (κ2) is 6.48. The number of nitrogens with zero attached hydrogens (tertiary/aromatic N) is 2. The molecule has 0 saturated carbocycles. The van der Waals surface area contributed by atoms with Gasteiger partial charge < -0.3 is 0 Å². The van der Waals surface area contributed by atoms with Crippen LogP contribution in [0.1, 0.15) is 0 Å². The summed E-state index contributed by atoms with van der Waals surface area (Å²) in [5.74, 6) is -24.8. The van der Waals surface area contributed by atoms with Crippen molar-refractivity contribution in [2.24, 2.45) is 0 Å². The molecular weight excluding hydrogens is 418 g/mol. The highest BCUT2D eigenvalue weighted by Crippen LogP contribution is 2.36. The monoisotopic (exact) mass is 418 g/mol. The summed E-state index contributed by atoms with van der Waals surface area (Å²) in [7, 11) is 0. The first-order chi connectivity index (χ1) is 12.6. The van der Waals surface area contributed by atoms with Gasteiger partial charge in [-0.15, -0.1) is 0 Å². The summed E-state index contributed by atoms with van der Waals surface area (Å²) in [6.45, 7) is 0. The van der Waals surface area contributed by atoms with Gasteiger partial charge in [0.25, 0.3) is 0 Å². The summed E-state index contributed by atoms with van der Waals surface area (Å²) >= 11 is -0.0865. The fourth-order valence-corrected chi connectivity index (χ4v) is 2.72. The van der Waals surface area contributed by atoms with E-state index < -0.39 is 80.1 Å². The van der Waals surface area contributed by atoms with E-state index in [1.165, 1.54) is 0 Å². The van der Waals surface area contributed by atoms with E-state index in [0.29, 0.717) is 0 Å². The van der Waals surface area contributed by atoms with E-state index >= 15 is 0 Å². The van der Waals surface area contributed by atoms with Crippen LogP contribution in [0.4, 0.5) is 43.9 Å². The quantitative estimate of drug-likeness (QED) is 0.322. The fraction of sp³-hybridized carbons (Fsp3) is 0. The first kappa shape index (κ1) is 19.1. The molecule has 27 heavy (non-hydrogen) atoms. The molecule has 0 atom stereocenters. The van der Waals surface area contributed by atoms with Crippen LogP contribution in [0.15, 0.2) is 0 Å². The van der Waals surface area contributed by atoms with Crippen LogP contribution in [0, 0.1) is 58.2 Å². The van der Waals surface area contributed by atoms with Crippen LogP contribution in [0.3, 0.4) is 0 Å². The normalized spacial score (nSPS) is 11.3. The van der Waals surface area contributed by atoms with Gasteiger partial charge in [0.2, 0.25) is 11.6 Å². The summed E-state index contributed by atoms with van der Waals surface area (Å²) in [5, 5.41) is -1.04. The Hall–Kier alpha value is -2.70. The highest BCUT2D eigenvalue weighted by atomic mass is 32.1. The van der Waals surface area contributed by atoms with E-state index in [1.807, 2.05) is 0 Å². The Kier molecular flexibility index (Phi) is 4.57. The molecule has 0 bridgehead atoms. The standard InChI is InChI=1S/C14F10N2S/c15-3-1(4(16)8(20)11(23)7(3)19)13-25-14(27-26-13)2-5(17)9(21)12(24)10(22)6(2)18. The second-order valence-electron chi connectivity index (χ2n) is 4.81. The average molecular weight is 418 g/mol. The molecule has 0 aliphatic rings. The van der Waals surface area contributed by atoms with E-state index in [0.717, 1.165) is 0 Å². The minimum Gasteiger partial charge on any atom is -0.214 e. The van der Waals surface area contributed by atoms with Gasteiger partial charge in [0, 0.05) is 0 Å². The molecule has 3 rings (SSSR count). The van der Waals surface area contributed by atoms with Crippen LogP contribution in [0.2, 0.25) is 0 Å². The largest absolute Gasteiger partial charge is 0.214 e. The molecular formula is C14F10N2S. The van der Waals surface area contributed by atoms with E-state index in [-0.39, 0.29) is 11.5 Å². The molecule has 2 aromatic carbocycles. The van der Waals surface area contributed by atoms with Gasteiger partial charge in [-0.05, 0) is 11.5 Å². The van der Waals surface area contributed by atoms with Crippen LogP contribution in [-0.2, 0) is 0 Å². The smallest absolute Gasteiger partial charge is 0.200 e. The number of halogens is 10. The summed E-state index contributed by atoms with van der Waals surface area (Å²) < 4.78 is 137. The van der Waals surface area contributed by atoms with Crippen molar-refractivity contribution in [3.63, 3.8) is 0 Å². The third-order valence-electron chi connectivity index (χ3n) is 3.28. The molecule has 0 saturated heterocycles. The van der Waals surface area contributed by atoms with E-state index in [4.69, 9.17) is 0 Å². The van der Waals surface area contributed by atoms with Crippen LogP contribution in [-0.4, -0.2) is 9.36 Å². The van der Waals surface area contributed by atoms with Crippen LogP contribution in [0.25, 0.3) is 22.0 Å². The lowest BCUT2D eigenvalue weighted by Gasteiger charge is -2.06. The summed E-state index contributed by atoms with van der Waals surface area (Å²) in [5.41, 5.74) is -3.20. The molecule has 0 spiro atoms. The molecule has 2 nitrogen and oxygen atoms in total. The van der Waals surface area contributed by atoms with Crippen LogP contribution < -0.4 is 0 Å². The number of hydrogen-bond acceptors (Lipinski definition) is 3. The number of hydrogen-bond donors (Lipinski definition) is 0. The van der Waals surface area contributed by atoms with Gasteiger partial charge in [-0.1, -0.05) is 0 Å². The Balaban J connectivity index is 2.25. The minimum absolute atomic E-state index is 0.0865. The van der Waals surface area contributed by atoms with Crippen molar-refractivity contribution in [2.75, 3.05) is 0 Å². The third kappa shape index (κ3) is 2.72. The Bertz CT molecular complexity index is 952. The maximum Gasteiger partial charge on any atom is 0.200 e. The van der Waals surface area contributed by atoms with Gasteiger partial charge in [0.05, 0.1) is 11.1 Å². The van der Waals surface area contributed by atoms with Crippen molar-refractivity contribution in [3.05, 3.63) is 58.2 Å². The van der Waals surface area contributed by atoms with Crippen LogP contribution in [0.5, 0.6) is 0 Å². The predicted octanol–water partition coefficient (Wildman–Crippen LogP) is 5.26. The molecule has 0 N–H and O–H groups in total. The van der Waals surface area contributed by atoms with Gasteiger partial charge in [-0.25, -0.2) is 48.9 Å². The maximum absolute atomic E-state index is 13.7. The molecule has 1 aromatic heterocycles. The second-order valence-corrected chi connectivity index (χ2v) is 5.56. The molecule has 1 heterocycles. The van der Waals surface area contributed by atoms with Gasteiger partial charge in [0.1, 0.15) is 0 Å². The first-order valence-corrected chi connectivity index (χ1v) is 7.22. The zero-order valence-corrected chi connectivity index (χ0v) is 12.9. The number of aromatic nitrogens is 2. The molecule has 3 aromatic rings. The highest BCUT2D eigenvalue weighted by Gasteiger charge is 2.32. The van der Waals surface area contributed by atoms with Gasteiger partial charge >= 0.3 is 0 Å². The Morgan fingerprint density at radius 3 is 1.19 bits per heavy atom. The molecule has 0 aliphatic heterocycles. The fourth-order valence-electron chi connectivity index (χ4n) is 2.02. The van der Waals surface area contributed by atoms with Gasteiger partial charge in [-0.3, -0.25) is 0 Å². The van der Waals surface area contributed by atoms with Crippen molar-refractivity contribution < 1.29 is 43.9 Å². The third-order valence-corrected chi connectivity index (χ3v) is 4.02. The molecule has 0 aliphatic carbocycles. The Morgan fingerprint density at radius 1 is 0.444 bits per heavy atom. The number of rotatable bonds is 2. The van der Waals surface area contributed by atoms with Crippen molar-refractivity contribution in [1.29, 1.82) is 0 Å². The van der Waals surface area contributed by atoms with Crippen molar-refractivity contribution in [1.82, 2.24) is 9.36 Å². The topological polar surface area (TPSA) is 25.8 Å². The van der Waals surface area contributed by atoms with Gasteiger partial charge in [0.15, 0.2) is 57.4 Å². The first-order valence-electron chi connectivity index (χ1n) is 6.45. The summed E-state index contributed by atoms with van der Waals surface area (Å²) in [6, 6.07) is 0. The molecule has 0 fully saturated rings.